The molecule has 0 atom stereocenters. The molecule has 0 spiro atoms. The molecule has 5 heteroatoms. The number of esters is 2. The summed E-state index contributed by atoms with van der Waals surface area (Å²) in [5, 5.41) is 0. The minimum atomic E-state index is -0.608. The van der Waals surface area contributed by atoms with Gasteiger partial charge in [0.1, 0.15) is 17.3 Å². The van der Waals surface area contributed by atoms with Crippen LogP contribution in [0.25, 0.3) is 5.57 Å². The number of ether oxygens (including phenoxy) is 2. The quantitative estimate of drug-likeness (QED) is 0.242. The van der Waals surface area contributed by atoms with Crippen molar-refractivity contribution in [3.8, 4) is 5.75 Å². The van der Waals surface area contributed by atoms with E-state index in [9.17, 15) is 14.0 Å². The molecular formula is C20H21FO4. The van der Waals surface area contributed by atoms with Crippen LogP contribution in [0.4, 0.5) is 4.39 Å². The first-order valence-corrected chi connectivity index (χ1v) is 7.52. The molecule has 132 valence electrons. The summed E-state index contributed by atoms with van der Waals surface area (Å²) in [6.07, 6.45) is 1.13. The van der Waals surface area contributed by atoms with E-state index in [-0.39, 0.29) is 16.9 Å². The Morgan fingerprint density at radius 2 is 1.48 bits per heavy atom. The van der Waals surface area contributed by atoms with Crippen LogP contribution in [0.5, 0.6) is 5.75 Å². The van der Waals surface area contributed by atoms with Crippen LogP contribution in [-0.4, -0.2) is 11.9 Å². The van der Waals surface area contributed by atoms with Crippen LogP contribution >= 0.6 is 0 Å². The third-order valence-electron chi connectivity index (χ3n) is 3.14. The predicted octanol–water partition coefficient (Wildman–Crippen LogP) is 4.89. The number of allylic oxidation sites excluding steroid dienone is 4. The number of benzene rings is 1. The first kappa shape index (κ1) is 20.1. The van der Waals surface area contributed by atoms with Gasteiger partial charge in [-0.15, -0.1) is 0 Å². The Morgan fingerprint density at radius 1 is 0.960 bits per heavy atom. The maximum Gasteiger partial charge on any atom is 0.338 e. The van der Waals surface area contributed by atoms with Crippen molar-refractivity contribution in [3.63, 3.8) is 0 Å². The lowest BCUT2D eigenvalue weighted by atomic mass is 10.1. The fraction of sp³-hybridized carbons (Fsp3) is 0.200. The number of carbonyl (C=O) groups is 2. The monoisotopic (exact) mass is 344 g/mol. The Hall–Kier alpha value is -2.95. The molecule has 1 aromatic rings. The molecule has 0 radical (unpaired) electrons. The van der Waals surface area contributed by atoms with E-state index >= 15 is 0 Å². The second-order valence-electron chi connectivity index (χ2n) is 5.59. The highest BCUT2D eigenvalue weighted by Gasteiger charge is 2.09. The van der Waals surface area contributed by atoms with Gasteiger partial charge in [0.25, 0.3) is 0 Å². The van der Waals surface area contributed by atoms with Gasteiger partial charge in [-0.1, -0.05) is 25.3 Å². The smallest absolute Gasteiger partial charge is 0.338 e. The molecule has 0 fully saturated rings. The predicted molar refractivity (Wildman–Crippen MR) is 95.3 cm³/mol. The number of halogens is 1. The Kier molecular flexibility index (Phi) is 7.06. The molecule has 1 rings (SSSR count). The van der Waals surface area contributed by atoms with Gasteiger partial charge >= 0.3 is 11.9 Å². The molecule has 0 N–H and O–H groups in total. The van der Waals surface area contributed by atoms with Crippen molar-refractivity contribution in [2.24, 2.45) is 0 Å². The van der Waals surface area contributed by atoms with Crippen molar-refractivity contribution in [1.82, 2.24) is 0 Å². The van der Waals surface area contributed by atoms with Gasteiger partial charge in [0.2, 0.25) is 0 Å². The second-order valence-corrected chi connectivity index (χ2v) is 5.59. The molecule has 0 saturated carbocycles. The zero-order valence-corrected chi connectivity index (χ0v) is 14.8. The average Bonchev–Trinajstić information content (AvgIpc) is 2.54. The van der Waals surface area contributed by atoms with Crippen LogP contribution < -0.4 is 4.74 Å². The molecule has 0 heterocycles. The molecule has 0 aliphatic rings. The number of hydrogen-bond donors (Lipinski definition) is 0. The van der Waals surface area contributed by atoms with Gasteiger partial charge in [-0.25, -0.2) is 14.0 Å². The third kappa shape index (κ3) is 6.22. The summed E-state index contributed by atoms with van der Waals surface area (Å²) in [5.74, 6) is -1.21. The molecule has 0 amide bonds. The van der Waals surface area contributed by atoms with Crippen LogP contribution in [0.3, 0.4) is 0 Å². The lowest BCUT2D eigenvalue weighted by Crippen LogP contribution is -2.07. The Morgan fingerprint density at radius 3 is 1.96 bits per heavy atom. The van der Waals surface area contributed by atoms with E-state index in [4.69, 9.17) is 9.47 Å². The zero-order chi connectivity index (χ0) is 19.1. The molecule has 4 nitrogen and oxygen atoms in total. The van der Waals surface area contributed by atoms with Crippen LogP contribution in [-0.2, 0) is 14.3 Å². The van der Waals surface area contributed by atoms with Crippen molar-refractivity contribution >= 4 is 17.5 Å². The normalized spacial score (nSPS) is 12.1. The molecule has 1 aromatic carbocycles. The van der Waals surface area contributed by atoms with Gasteiger partial charge < -0.3 is 9.47 Å². The molecular weight excluding hydrogens is 323 g/mol. The number of rotatable bonds is 6. The van der Waals surface area contributed by atoms with E-state index in [1.165, 1.54) is 13.8 Å². The zero-order valence-electron chi connectivity index (χ0n) is 14.8. The van der Waals surface area contributed by atoms with Gasteiger partial charge in [-0.05, 0) is 51.0 Å². The summed E-state index contributed by atoms with van der Waals surface area (Å²) in [6, 6.07) is 6.37. The SMILES string of the molecule is C=C(C)C(=O)O/C(C)=C/C(F)=C(\C)c1ccc(OC(=O)C(=C)C)cc1. The highest BCUT2D eigenvalue weighted by molar-refractivity contribution is 5.89. The average molecular weight is 344 g/mol. The second kappa shape index (κ2) is 8.78. The van der Waals surface area contributed by atoms with Gasteiger partial charge in [0.05, 0.1) is 0 Å². The largest absolute Gasteiger partial charge is 0.428 e. The van der Waals surface area contributed by atoms with Crippen molar-refractivity contribution in [1.29, 1.82) is 0 Å². The summed E-state index contributed by atoms with van der Waals surface area (Å²) >= 11 is 0. The molecule has 0 unspecified atom stereocenters. The molecule has 0 bridgehead atoms. The molecule has 0 aromatic heterocycles. The highest BCUT2D eigenvalue weighted by Crippen LogP contribution is 2.24. The van der Waals surface area contributed by atoms with Crippen molar-refractivity contribution in [3.05, 3.63) is 71.8 Å². The van der Waals surface area contributed by atoms with Gasteiger partial charge in [-0.2, -0.15) is 0 Å². The summed E-state index contributed by atoms with van der Waals surface area (Å²) in [7, 11) is 0. The number of carbonyl (C=O) groups excluding carboxylic acids is 2. The fourth-order valence-corrected chi connectivity index (χ4v) is 1.65. The lowest BCUT2D eigenvalue weighted by molar-refractivity contribution is -0.135. The summed E-state index contributed by atoms with van der Waals surface area (Å²) in [4.78, 5) is 22.8. The van der Waals surface area contributed by atoms with E-state index < -0.39 is 17.8 Å². The summed E-state index contributed by atoms with van der Waals surface area (Å²) in [6.45, 7) is 13.1. The van der Waals surface area contributed by atoms with E-state index in [0.29, 0.717) is 16.9 Å². The van der Waals surface area contributed by atoms with E-state index in [1.807, 2.05) is 0 Å². The van der Waals surface area contributed by atoms with Crippen molar-refractivity contribution < 1.29 is 23.5 Å². The minimum absolute atomic E-state index is 0.122. The highest BCUT2D eigenvalue weighted by atomic mass is 19.1. The van der Waals surface area contributed by atoms with Crippen molar-refractivity contribution in [2.45, 2.75) is 27.7 Å². The van der Waals surface area contributed by atoms with Crippen molar-refractivity contribution in [2.75, 3.05) is 0 Å². The topological polar surface area (TPSA) is 52.6 Å². The van der Waals surface area contributed by atoms with Crippen LogP contribution in [0, 0.1) is 0 Å². The maximum atomic E-state index is 14.3. The maximum absolute atomic E-state index is 14.3. The molecule has 0 aliphatic carbocycles. The van der Waals surface area contributed by atoms with E-state index in [2.05, 4.69) is 13.2 Å². The van der Waals surface area contributed by atoms with Crippen LogP contribution in [0.15, 0.2) is 66.2 Å². The Balaban J connectivity index is 2.93. The lowest BCUT2D eigenvalue weighted by Gasteiger charge is -2.07. The van der Waals surface area contributed by atoms with Gasteiger partial charge in [0, 0.05) is 17.2 Å². The van der Waals surface area contributed by atoms with Gasteiger partial charge in [-0.3, -0.25) is 0 Å². The Labute approximate surface area is 146 Å². The third-order valence-corrected chi connectivity index (χ3v) is 3.14. The van der Waals surface area contributed by atoms with E-state index in [1.54, 1.807) is 38.1 Å². The molecule has 0 aliphatic heterocycles. The first-order chi connectivity index (χ1) is 11.6. The first-order valence-electron chi connectivity index (χ1n) is 7.52. The number of hydrogen-bond acceptors (Lipinski definition) is 4. The van der Waals surface area contributed by atoms with Crippen LogP contribution in [0.2, 0.25) is 0 Å². The fourth-order valence-electron chi connectivity index (χ4n) is 1.65. The standard InChI is InChI=1S/C20H21FO4/c1-12(2)19(22)24-14(5)11-18(21)15(6)16-7-9-17(10-8-16)25-20(23)13(3)4/h7-11H,1,3H2,2,4-6H3/b14-11+,18-15-. The molecule has 25 heavy (non-hydrogen) atoms. The van der Waals surface area contributed by atoms with Gasteiger partial charge in [0.15, 0.2) is 0 Å². The van der Waals surface area contributed by atoms with Crippen LogP contribution in [0.1, 0.15) is 33.3 Å². The van der Waals surface area contributed by atoms with E-state index in [0.717, 1.165) is 6.08 Å². The summed E-state index contributed by atoms with van der Waals surface area (Å²) in [5.41, 5.74) is 1.47. The summed E-state index contributed by atoms with van der Waals surface area (Å²) < 4.78 is 24.3. The Bertz CT molecular complexity index is 767. The minimum Gasteiger partial charge on any atom is -0.428 e. The molecule has 0 saturated heterocycles.